The number of aliphatic imine (C=N–C) groups is 1. The molecule has 8 rings (SSSR count). The maximum atomic E-state index is 13.8. The number of aliphatic carboxylic acids is 1. The number of phenols is 2. The number of carbonyl (C=O) groups is 5. The van der Waals surface area contributed by atoms with E-state index in [4.69, 9.17) is 14.2 Å². The molecule has 2 heterocycles. The highest BCUT2D eigenvalue weighted by Gasteiger charge is 2.63. The Morgan fingerprint density at radius 3 is 2.27 bits per heavy atom. The minimum absolute atomic E-state index is 0.0265. The van der Waals surface area contributed by atoms with Crippen molar-refractivity contribution in [1.82, 2.24) is 25.4 Å². The number of rotatable bonds is 26. The number of nitrogens with zero attached hydrogens (tertiary/aromatic N) is 4. The number of aromatic hydroxyl groups is 2. The summed E-state index contributed by atoms with van der Waals surface area (Å²) in [4.78, 5) is 76.4. The first-order chi connectivity index (χ1) is 39.8. The average Bonchev–Trinajstić information content (AvgIpc) is 3.40. The number of carbonyl (C=O) groups excluding carboxylic acids is 4. The Balaban J connectivity index is 0.732. The number of hydrogen-bond acceptors (Lipinski definition) is 16. The summed E-state index contributed by atoms with van der Waals surface area (Å²) in [6.07, 6.45) is 8.93. The van der Waals surface area contributed by atoms with Crippen LogP contribution in [-0.4, -0.2) is 165 Å². The third kappa shape index (κ3) is 14.6. The highest BCUT2D eigenvalue weighted by Crippen LogP contribution is 2.68. The van der Waals surface area contributed by atoms with Gasteiger partial charge in [0.15, 0.2) is 6.04 Å². The molecule has 4 aliphatic carbocycles. The zero-order valence-electron chi connectivity index (χ0n) is 50.2. The fourth-order valence-corrected chi connectivity index (χ4v) is 17.0. The second-order valence-corrected chi connectivity index (χ2v) is 27.7. The fourth-order valence-electron chi connectivity index (χ4n) is 14.9. The summed E-state index contributed by atoms with van der Waals surface area (Å²) in [6.45, 7) is 22.1. The number of likely N-dealkylation sites (N-methyl/N-ethyl adjacent to an activating group) is 1. The van der Waals surface area contributed by atoms with E-state index in [0.29, 0.717) is 98.6 Å². The summed E-state index contributed by atoms with van der Waals surface area (Å²) in [6, 6.07) is 4.17. The Morgan fingerprint density at radius 2 is 1.56 bits per heavy atom. The summed E-state index contributed by atoms with van der Waals surface area (Å²) >= 11 is 2.64. The van der Waals surface area contributed by atoms with Crippen molar-refractivity contribution in [2.75, 3.05) is 72.0 Å². The molecule has 0 radical (unpaired) electrons. The number of phenolic OH excluding ortho intramolecular Hbond substituents is 2. The van der Waals surface area contributed by atoms with Gasteiger partial charge >= 0.3 is 12.1 Å². The number of benzene rings is 2. The highest BCUT2D eigenvalue weighted by atomic mass is 32.2. The van der Waals surface area contributed by atoms with Crippen molar-refractivity contribution >= 4 is 81.3 Å². The van der Waals surface area contributed by atoms with Gasteiger partial charge < -0.3 is 60.2 Å². The smallest absolute Gasteiger partial charge is 0.415 e. The lowest BCUT2D eigenvalue weighted by Gasteiger charge is -2.62. The SMILES string of the molecule is C=c1c(C)c(O)c(=C)c(C(C)(C)CC(=O)N(C)CCN(CCOCCOCCC(=O)NCCCNC(=O)CCC(C)C2CCC3C4C(O)CC5CC(O)CCC5(C)C4CCC23C)C(=O)Oc2ccc3nc(C4=NC(C(=O)O)CS4)sc3c2)c1O. The first-order valence-electron chi connectivity index (χ1n) is 30.2. The van der Waals surface area contributed by atoms with E-state index < -0.39 is 23.5 Å². The van der Waals surface area contributed by atoms with Gasteiger partial charge in [-0.1, -0.05) is 47.8 Å². The van der Waals surface area contributed by atoms with Crippen LogP contribution in [0.5, 0.6) is 17.2 Å². The third-order valence-electron chi connectivity index (χ3n) is 19.9. The van der Waals surface area contributed by atoms with Crippen LogP contribution in [0, 0.1) is 53.3 Å². The molecule has 3 aromatic rings. The molecule has 0 spiro atoms. The minimum Gasteiger partial charge on any atom is -0.507 e. The number of ether oxygens (including phenoxy) is 3. The van der Waals surface area contributed by atoms with Crippen LogP contribution in [0.3, 0.4) is 0 Å². The van der Waals surface area contributed by atoms with Crippen LogP contribution >= 0.6 is 23.1 Å². The number of amides is 4. The molecule has 7 N–H and O–H groups in total. The van der Waals surface area contributed by atoms with Gasteiger partial charge in [-0.25, -0.2) is 14.6 Å². The number of aliphatic hydroxyl groups is 2. The molecule has 4 saturated carbocycles. The molecule has 462 valence electrons. The van der Waals surface area contributed by atoms with E-state index in [1.165, 1.54) is 39.3 Å². The third-order valence-corrected chi connectivity index (χ3v) is 22.1. The van der Waals surface area contributed by atoms with Gasteiger partial charge in [0, 0.05) is 97.8 Å². The van der Waals surface area contributed by atoms with Gasteiger partial charge in [0.2, 0.25) is 17.7 Å². The van der Waals surface area contributed by atoms with Crippen LogP contribution in [0.1, 0.15) is 134 Å². The lowest BCUT2D eigenvalue weighted by Crippen LogP contribution is -2.58. The first-order valence-corrected chi connectivity index (χ1v) is 32.0. The Morgan fingerprint density at radius 1 is 0.869 bits per heavy atom. The van der Waals surface area contributed by atoms with Crippen molar-refractivity contribution in [3.05, 3.63) is 44.8 Å². The first kappa shape index (κ1) is 64.7. The van der Waals surface area contributed by atoms with Crippen LogP contribution in [0.25, 0.3) is 23.4 Å². The van der Waals surface area contributed by atoms with Gasteiger partial charge in [0.05, 0.1) is 48.9 Å². The number of carboxylic acid groups (broad SMARTS) is 1. The largest absolute Gasteiger partial charge is 0.507 e. The molecule has 5 aliphatic rings. The van der Waals surface area contributed by atoms with Crippen LogP contribution in [0.15, 0.2) is 23.2 Å². The van der Waals surface area contributed by atoms with Gasteiger partial charge in [-0.2, -0.15) is 0 Å². The van der Waals surface area contributed by atoms with Gasteiger partial charge in [0.25, 0.3) is 0 Å². The van der Waals surface area contributed by atoms with E-state index in [9.17, 15) is 49.5 Å². The Kier molecular flexibility index (Phi) is 21.2. The van der Waals surface area contributed by atoms with Crippen LogP contribution in [0.2, 0.25) is 0 Å². The van der Waals surface area contributed by atoms with Crippen molar-refractivity contribution in [3.63, 3.8) is 0 Å². The van der Waals surface area contributed by atoms with E-state index in [1.54, 1.807) is 46.0 Å². The molecule has 0 saturated heterocycles. The van der Waals surface area contributed by atoms with E-state index in [2.05, 4.69) is 54.5 Å². The summed E-state index contributed by atoms with van der Waals surface area (Å²) in [7, 11) is 1.61. The molecule has 2 aromatic carbocycles. The predicted molar refractivity (Wildman–Crippen MR) is 326 cm³/mol. The standard InChI is InChI=1S/C63H90N6O13S2/c1-36(43-13-14-44-53-45(18-21-63(43,44)8)62(7)20-17-41(70)31-40(62)32-48(53)71)11-16-50(72)64-22-10-23-65-51(73)19-27-80-29-30-81-28-26-69(25-24-68(9)52(74)34-61(5,6)54-39(4)55(75)37(2)38(3)56(54)76)60(79)82-42-12-15-46-49(33-42)84-58(66-46)57-67-47(35-83-57)59(77)78/h12,15,33,36,40-41,43-45,47-48,53,70-71,75-76H,3-4,10-11,13-14,16-32,34-35H2,1-2,5-9H3,(H,64,72)(H,65,73)(H,77,78). The number of aromatic nitrogens is 1. The molecule has 4 fully saturated rings. The molecule has 19 nitrogen and oxygen atoms in total. The van der Waals surface area contributed by atoms with Crippen molar-refractivity contribution in [1.29, 1.82) is 0 Å². The van der Waals surface area contributed by atoms with E-state index in [1.807, 2.05) is 0 Å². The molecule has 11 atom stereocenters. The van der Waals surface area contributed by atoms with Crippen molar-refractivity contribution < 1.29 is 63.7 Å². The van der Waals surface area contributed by atoms with E-state index >= 15 is 0 Å². The lowest BCUT2D eigenvalue weighted by atomic mass is 9.43. The number of carboxylic acids is 1. The highest BCUT2D eigenvalue weighted by molar-refractivity contribution is 8.15. The molecule has 21 heteroatoms. The van der Waals surface area contributed by atoms with E-state index in [-0.39, 0.29) is 127 Å². The zero-order chi connectivity index (χ0) is 60.8. The monoisotopic (exact) mass is 1200 g/mol. The average molecular weight is 1200 g/mol. The molecule has 4 amide bonds. The van der Waals surface area contributed by atoms with Gasteiger partial charge in [-0.05, 0) is 130 Å². The molecule has 84 heavy (non-hydrogen) atoms. The van der Waals surface area contributed by atoms with Crippen molar-refractivity contribution in [2.45, 2.75) is 149 Å². The normalized spacial score (nSPS) is 26.8. The number of thiazole rings is 1. The number of nitrogens with one attached hydrogen (secondary N) is 2. The van der Waals surface area contributed by atoms with E-state index in [0.717, 1.165) is 51.4 Å². The number of fused-ring (bicyclic) bond motifs is 6. The Hall–Kier alpha value is -5.32. The van der Waals surface area contributed by atoms with Crippen LogP contribution in [-0.2, 0) is 34.1 Å². The Bertz CT molecular complexity index is 3030. The summed E-state index contributed by atoms with van der Waals surface area (Å²) in [5.41, 5.74) is 0.779. The molecular formula is C63H90N6O13S2. The number of hydrogen-bond donors (Lipinski definition) is 7. The molecule has 11 unspecified atom stereocenters. The second-order valence-electron chi connectivity index (χ2n) is 25.6. The molecule has 1 aliphatic heterocycles. The summed E-state index contributed by atoms with van der Waals surface area (Å²) < 4.78 is 18.1. The summed E-state index contributed by atoms with van der Waals surface area (Å²) in [5, 5.41) is 60.7. The maximum Gasteiger partial charge on any atom is 0.415 e. The fraction of sp³-hybridized carbons (Fsp3) is 0.667. The lowest BCUT2D eigenvalue weighted by molar-refractivity contribution is -0.174. The predicted octanol–water partition coefficient (Wildman–Crippen LogP) is 6.86. The second kappa shape index (κ2) is 27.6. The topological polar surface area (TPSA) is 270 Å². The molecular weight excluding hydrogens is 1110 g/mol. The maximum absolute atomic E-state index is 13.8. The van der Waals surface area contributed by atoms with Crippen molar-refractivity contribution in [3.8, 4) is 17.2 Å². The van der Waals surface area contributed by atoms with Crippen LogP contribution < -0.4 is 25.8 Å². The van der Waals surface area contributed by atoms with Gasteiger partial charge in [0.1, 0.15) is 27.3 Å². The number of aliphatic hydroxyl groups excluding tert-OH is 2. The molecule has 1 aromatic heterocycles. The Labute approximate surface area is 502 Å². The quantitative estimate of drug-likeness (QED) is 0.0320. The molecule has 0 bridgehead atoms. The van der Waals surface area contributed by atoms with Gasteiger partial charge in [-0.15, -0.1) is 23.1 Å². The zero-order valence-corrected chi connectivity index (χ0v) is 51.8. The van der Waals surface area contributed by atoms with Gasteiger partial charge in [-0.3, -0.25) is 19.4 Å². The number of thioether (sulfide) groups is 1. The minimum atomic E-state index is -0.997. The van der Waals surface area contributed by atoms with Crippen molar-refractivity contribution in [2.24, 2.45) is 51.3 Å². The van der Waals surface area contributed by atoms with Crippen LogP contribution in [0.4, 0.5) is 4.79 Å². The summed E-state index contributed by atoms with van der Waals surface area (Å²) in [5.74, 6) is 1.60.